The Hall–Kier alpha value is -3.16. The van der Waals surface area contributed by atoms with Crippen LogP contribution in [0.2, 0.25) is 0 Å². The van der Waals surface area contributed by atoms with Crippen molar-refractivity contribution >= 4 is 16.7 Å². The lowest BCUT2D eigenvalue weighted by molar-refractivity contribution is -0.189. The molecule has 8 heteroatoms. The lowest BCUT2D eigenvalue weighted by Crippen LogP contribution is -2.34. The predicted molar refractivity (Wildman–Crippen MR) is 111 cm³/mol. The van der Waals surface area contributed by atoms with Crippen molar-refractivity contribution < 1.29 is 22.7 Å². The van der Waals surface area contributed by atoms with Crippen molar-refractivity contribution in [2.24, 2.45) is 0 Å². The molecule has 0 bridgehead atoms. The van der Waals surface area contributed by atoms with Crippen LogP contribution < -0.4 is 10.1 Å². The first-order valence-electron chi connectivity index (χ1n) is 9.98. The molecule has 0 aliphatic heterocycles. The van der Waals surface area contributed by atoms with Gasteiger partial charge in [-0.25, -0.2) is 0 Å². The van der Waals surface area contributed by atoms with Gasteiger partial charge in [0.1, 0.15) is 0 Å². The lowest BCUT2D eigenvalue weighted by atomic mass is 9.96. The van der Waals surface area contributed by atoms with Gasteiger partial charge in [0.05, 0.1) is 6.20 Å². The van der Waals surface area contributed by atoms with Gasteiger partial charge in [0.15, 0.2) is 6.10 Å². The number of nitrogens with one attached hydrogen (secondary N) is 1. The maximum Gasteiger partial charge on any atom is 0.425 e. The maximum absolute atomic E-state index is 12.9. The van der Waals surface area contributed by atoms with Gasteiger partial charge < -0.3 is 10.1 Å². The highest BCUT2D eigenvalue weighted by Gasteiger charge is 2.39. The number of amides is 1. The number of hydrogen-bond acceptors (Lipinski definition) is 4. The summed E-state index contributed by atoms with van der Waals surface area (Å²) in [6.45, 7) is 4.88. The first kappa shape index (κ1) is 21.1. The Morgan fingerprint density at radius 1 is 1.19 bits per heavy atom. The number of rotatable bonds is 5. The molecule has 4 rings (SSSR count). The van der Waals surface area contributed by atoms with Crippen molar-refractivity contribution in [1.29, 1.82) is 0 Å². The quantitative estimate of drug-likeness (QED) is 0.604. The van der Waals surface area contributed by atoms with Gasteiger partial charge in [-0.1, -0.05) is 12.1 Å². The van der Waals surface area contributed by atoms with Gasteiger partial charge in [-0.05, 0) is 74.6 Å². The third kappa shape index (κ3) is 4.47. The van der Waals surface area contributed by atoms with Crippen LogP contribution in [0.1, 0.15) is 42.6 Å². The molecular formula is C23H22F3N3O2. The molecule has 3 aromatic rings. The first-order valence-corrected chi connectivity index (χ1v) is 9.98. The molecule has 31 heavy (non-hydrogen) atoms. The minimum Gasteiger partial charge on any atom is -0.463 e. The Labute approximate surface area is 177 Å². The fourth-order valence-electron chi connectivity index (χ4n) is 3.28. The maximum atomic E-state index is 12.9. The Bertz CT molecular complexity index is 1160. The molecule has 1 fully saturated rings. The second-order valence-electron chi connectivity index (χ2n) is 8.30. The van der Waals surface area contributed by atoms with Crippen molar-refractivity contribution in [2.45, 2.75) is 51.4 Å². The van der Waals surface area contributed by atoms with Crippen LogP contribution in [0.25, 0.3) is 21.9 Å². The van der Waals surface area contributed by atoms with E-state index in [-0.39, 0.29) is 17.3 Å². The van der Waals surface area contributed by atoms with Crippen LogP contribution in [0, 0.1) is 6.92 Å². The predicted octanol–water partition coefficient (Wildman–Crippen LogP) is 5.22. The molecule has 0 saturated heterocycles. The third-order valence-electron chi connectivity index (χ3n) is 5.60. The van der Waals surface area contributed by atoms with E-state index in [2.05, 4.69) is 15.5 Å². The zero-order valence-electron chi connectivity index (χ0n) is 17.4. The molecule has 1 atom stereocenters. The molecule has 1 N–H and O–H groups in total. The summed E-state index contributed by atoms with van der Waals surface area (Å²) in [6, 6.07) is 10.7. The highest BCUT2D eigenvalue weighted by molar-refractivity contribution is 5.97. The standard InChI is InChI=1S/C23H22F3N3O2/c1-13-4-5-16(20(30)28-22(3)8-9-22)11-19(13)15-6-7-18-17(10-15)12-27-29-21(18)31-14(2)23(24,25)26/h4-7,10-12,14H,8-9H2,1-3H3,(H,28,30)/t14-/m0/s1. The van der Waals surface area contributed by atoms with E-state index >= 15 is 0 Å². The van der Waals surface area contributed by atoms with E-state index in [1.807, 2.05) is 26.0 Å². The largest absolute Gasteiger partial charge is 0.463 e. The third-order valence-corrected chi connectivity index (χ3v) is 5.60. The van der Waals surface area contributed by atoms with E-state index in [1.165, 1.54) is 6.20 Å². The average Bonchev–Trinajstić information content (AvgIpc) is 3.43. The smallest absolute Gasteiger partial charge is 0.425 e. The summed E-state index contributed by atoms with van der Waals surface area (Å²) in [6.07, 6.45) is -3.08. The number of carbonyl (C=O) groups is 1. The molecular weight excluding hydrogens is 407 g/mol. The number of aromatic nitrogens is 2. The number of benzene rings is 2. The fourth-order valence-corrected chi connectivity index (χ4v) is 3.28. The summed E-state index contributed by atoms with van der Waals surface area (Å²) >= 11 is 0. The van der Waals surface area contributed by atoms with E-state index in [1.54, 1.807) is 24.3 Å². The van der Waals surface area contributed by atoms with Crippen molar-refractivity contribution in [1.82, 2.24) is 15.5 Å². The van der Waals surface area contributed by atoms with E-state index in [4.69, 9.17) is 4.74 Å². The van der Waals surface area contributed by atoms with E-state index in [0.717, 1.165) is 36.5 Å². The number of nitrogens with zero attached hydrogens (tertiary/aromatic N) is 2. The van der Waals surface area contributed by atoms with Crippen LogP contribution in [0.4, 0.5) is 13.2 Å². The van der Waals surface area contributed by atoms with Crippen molar-refractivity contribution in [3.8, 4) is 17.0 Å². The molecule has 1 heterocycles. The molecule has 0 unspecified atom stereocenters. The number of ether oxygens (including phenoxy) is 1. The average molecular weight is 429 g/mol. The topological polar surface area (TPSA) is 64.1 Å². The second kappa shape index (κ2) is 7.51. The Kier molecular flexibility index (Phi) is 5.11. The van der Waals surface area contributed by atoms with Crippen molar-refractivity contribution in [2.75, 3.05) is 0 Å². The summed E-state index contributed by atoms with van der Waals surface area (Å²) in [5.41, 5.74) is 3.09. The molecule has 1 aliphatic rings. The molecule has 1 aromatic heterocycles. The fraction of sp³-hybridized carbons (Fsp3) is 0.348. The van der Waals surface area contributed by atoms with Gasteiger partial charge >= 0.3 is 6.18 Å². The Morgan fingerprint density at radius 2 is 1.94 bits per heavy atom. The SMILES string of the molecule is Cc1ccc(C(=O)NC2(C)CC2)cc1-c1ccc2c(O[C@@H](C)C(F)(F)F)nncc2c1. The van der Waals surface area contributed by atoms with Crippen LogP contribution in [0.5, 0.6) is 5.88 Å². The number of halogens is 3. The summed E-state index contributed by atoms with van der Waals surface area (Å²) < 4.78 is 43.6. The zero-order chi connectivity index (χ0) is 22.4. The van der Waals surface area contributed by atoms with Gasteiger partial charge in [0.2, 0.25) is 5.88 Å². The highest BCUT2D eigenvalue weighted by Crippen LogP contribution is 2.35. The summed E-state index contributed by atoms with van der Waals surface area (Å²) in [5, 5.41) is 11.6. The molecule has 1 aliphatic carbocycles. The number of carbonyl (C=O) groups excluding carboxylic acids is 1. The minimum absolute atomic E-state index is 0.117. The number of hydrogen-bond donors (Lipinski definition) is 1. The van der Waals surface area contributed by atoms with E-state index in [0.29, 0.717) is 16.3 Å². The van der Waals surface area contributed by atoms with E-state index < -0.39 is 12.3 Å². The normalized spacial score (nSPS) is 16.1. The van der Waals surface area contributed by atoms with Gasteiger partial charge in [-0.2, -0.15) is 18.3 Å². The molecule has 162 valence electrons. The summed E-state index contributed by atoms with van der Waals surface area (Å²) in [4.78, 5) is 12.6. The van der Waals surface area contributed by atoms with Gasteiger partial charge in [-0.15, -0.1) is 5.10 Å². The van der Waals surface area contributed by atoms with Gasteiger partial charge in [0.25, 0.3) is 5.91 Å². The Balaban J connectivity index is 1.67. The molecule has 0 spiro atoms. The Morgan fingerprint density at radius 3 is 2.61 bits per heavy atom. The summed E-state index contributed by atoms with van der Waals surface area (Å²) in [5.74, 6) is -0.291. The number of fused-ring (bicyclic) bond motifs is 1. The van der Waals surface area contributed by atoms with Crippen molar-refractivity contribution in [3.63, 3.8) is 0 Å². The monoisotopic (exact) mass is 429 g/mol. The van der Waals surface area contributed by atoms with Gasteiger partial charge in [-0.3, -0.25) is 4.79 Å². The molecule has 1 saturated carbocycles. The molecule has 0 radical (unpaired) electrons. The second-order valence-corrected chi connectivity index (χ2v) is 8.30. The molecule has 2 aromatic carbocycles. The van der Waals surface area contributed by atoms with E-state index in [9.17, 15) is 18.0 Å². The van der Waals surface area contributed by atoms with Crippen LogP contribution in [-0.4, -0.2) is 33.9 Å². The molecule has 1 amide bonds. The minimum atomic E-state index is -4.50. The lowest BCUT2D eigenvalue weighted by Gasteiger charge is -2.17. The number of aryl methyl sites for hydroxylation is 1. The molecule has 5 nitrogen and oxygen atoms in total. The van der Waals surface area contributed by atoms with Crippen LogP contribution in [0.3, 0.4) is 0 Å². The van der Waals surface area contributed by atoms with Crippen LogP contribution in [-0.2, 0) is 0 Å². The van der Waals surface area contributed by atoms with Crippen molar-refractivity contribution in [3.05, 3.63) is 53.7 Å². The summed E-state index contributed by atoms with van der Waals surface area (Å²) in [7, 11) is 0. The van der Waals surface area contributed by atoms with Crippen LogP contribution >= 0.6 is 0 Å². The first-order chi connectivity index (χ1) is 14.6. The van der Waals surface area contributed by atoms with Crippen LogP contribution in [0.15, 0.2) is 42.6 Å². The van der Waals surface area contributed by atoms with Gasteiger partial charge in [0, 0.05) is 21.9 Å². The number of alkyl halides is 3. The zero-order valence-corrected chi connectivity index (χ0v) is 17.4. The highest BCUT2D eigenvalue weighted by atomic mass is 19.4.